The van der Waals surface area contributed by atoms with Gasteiger partial charge < -0.3 is 10.0 Å². The Morgan fingerprint density at radius 1 is 1.50 bits per heavy atom. The van der Waals surface area contributed by atoms with Crippen LogP contribution in [0.5, 0.6) is 0 Å². The summed E-state index contributed by atoms with van der Waals surface area (Å²) in [6, 6.07) is -0.564. The SMILES string of the molecule is CCCS(=O)(=O)N1CCCC1C(=O)N(C)CCC(C)O. The molecule has 2 unspecified atom stereocenters. The number of hydrogen-bond donors (Lipinski definition) is 1. The number of carbonyl (C=O) groups excluding carboxylic acids is 1. The fraction of sp³-hybridized carbons (Fsp3) is 0.923. The van der Waals surface area contributed by atoms with Crippen molar-refractivity contribution in [2.24, 2.45) is 0 Å². The van der Waals surface area contributed by atoms with Gasteiger partial charge in [0.05, 0.1) is 11.9 Å². The van der Waals surface area contributed by atoms with Crippen molar-refractivity contribution in [1.82, 2.24) is 9.21 Å². The lowest BCUT2D eigenvalue weighted by Gasteiger charge is -2.27. The average Bonchev–Trinajstić information content (AvgIpc) is 2.84. The number of aliphatic hydroxyl groups is 1. The lowest BCUT2D eigenvalue weighted by molar-refractivity contribution is -0.133. The van der Waals surface area contributed by atoms with E-state index in [9.17, 15) is 18.3 Å². The van der Waals surface area contributed by atoms with Gasteiger partial charge in [0.1, 0.15) is 6.04 Å². The molecule has 118 valence electrons. The van der Waals surface area contributed by atoms with Crippen molar-refractivity contribution in [3.8, 4) is 0 Å². The first kappa shape index (κ1) is 17.4. The molecule has 6 nitrogen and oxygen atoms in total. The maximum absolute atomic E-state index is 12.4. The molecule has 1 aliphatic rings. The molecule has 1 N–H and O–H groups in total. The lowest BCUT2D eigenvalue weighted by atomic mass is 10.2. The maximum Gasteiger partial charge on any atom is 0.240 e. The Bertz CT molecular complexity index is 422. The van der Waals surface area contributed by atoms with Gasteiger partial charge in [0.25, 0.3) is 0 Å². The molecule has 0 aromatic carbocycles. The van der Waals surface area contributed by atoms with Crippen LogP contribution in [-0.4, -0.2) is 66.7 Å². The molecule has 1 saturated heterocycles. The van der Waals surface area contributed by atoms with Crippen molar-refractivity contribution in [1.29, 1.82) is 0 Å². The molecule has 1 fully saturated rings. The van der Waals surface area contributed by atoms with Crippen LogP contribution in [0.1, 0.15) is 39.5 Å². The van der Waals surface area contributed by atoms with Crippen LogP contribution < -0.4 is 0 Å². The minimum Gasteiger partial charge on any atom is -0.393 e. The van der Waals surface area contributed by atoms with Gasteiger partial charge in [-0.25, -0.2) is 8.42 Å². The van der Waals surface area contributed by atoms with Gasteiger partial charge in [-0.2, -0.15) is 4.31 Å². The van der Waals surface area contributed by atoms with Gasteiger partial charge in [-0.1, -0.05) is 6.92 Å². The van der Waals surface area contributed by atoms with Gasteiger partial charge in [0.2, 0.25) is 15.9 Å². The van der Waals surface area contributed by atoms with Crippen molar-refractivity contribution >= 4 is 15.9 Å². The largest absolute Gasteiger partial charge is 0.393 e. The zero-order valence-corrected chi connectivity index (χ0v) is 13.4. The minimum atomic E-state index is -3.33. The molecule has 0 radical (unpaired) electrons. The fourth-order valence-electron chi connectivity index (χ4n) is 2.44. The summed E-state index contributed by atoms with van der Waals surface area (Å²) in [7, 11) is -1.67. The summed E-state index contributed by atoms with van der Waals surface area (Å²) in [6.45, 7) is 4.36. The van der Waals surface area contributed by atoms with E-state index in [4.69, 9.17) is 0 Å². The van der Waals surface area contributed by atoms with Gasteiger partial charge in [0, 0.05) is 20.1 Å². The van der Waals surface area contributed by atoms with Crippen LogP contribution in [0, 0.1) is 0 Å². The number of hydrogen-bond acceptors (Lipinski definition) is 4. The topological polar surface area (TPSA) is 77.9 Å². The van der Waals surface area contributed by atoms with Crippen LogP contribution in [0.4, 0.5) is 0 Å². The van der Waals surface area contributed by atoms with Crippen LogP contribution in [0.3, 0.4) is 0 Å². The second-order valence-electron chi connectivity index (χ2n) is 5.48. The summed E-state index contributed by atoms with van der Waals surface area (Å²) in [5.74, 6) is -0.0726. The fourth-order valence-corrected chi connectivity index (χ4v) is 4.18. The lowest BCUT2D eigenvalue weighted by Crippen LogP contribution is -2.47. The third kappa shape index (κ3) is 4.43. The highest BCUT2D eigenvalue weighted by Gasteiger charge is 2.39. The molecule has 0 spiro atoms. The third-order valence-electron chi connectivity index (χ3n) is 3.57. The van der Waals surface area contributed by atoms with E-state index in [1.165, 1.54) is 9.21 Å². The Labute approximate surface area is 121 Å². The summed E-state index contributed by atoms with van der Waals surface area (Å²) in [5.41, 5.74) is 0. The van der Waals surface area contributed by atoms with Crippen LogP contribution in [0.25, 0.3) is 0 Å². The molecule has 1 heterocycles. The van der Waals surface area contributed by atoms with Crippen molar-refractivity contribution in [3.63, 3.8) is 0 Å². The van der Waals surface area contributed by atoms with E-state index < -0.39 is 22.2 Å². The molecule has 0 aromatic heterocycles. The van der Waals surface area contributed by atoms with Crippen molar-refractivity contribution in [2.45, 2.75) is 51.7 Å². The molecule has 20 heavy (non-hydrogen) atoms. The highest BCUT2D eigenvalue weighted by atomic mass is 32.2. The number of likely N-dealkylation sites (N-methyl/N-ethyl adjacent to an activating group) is 1. The Morgan fingerprint density at radius 3 is 2.70 bits per heavy atom. The average molecular weight is 306 g/mol. The summed E-state index contributed by atoms with van der Waals surface area (Å²) in [4.78, 5) is 13.9. The van der Waals surface area contributed by atoms with Crippen LogP contribution >= 0.6 is 0 Å². The molecule has 0 bridgehead atoms. The molecule has 1 rings (SSSR count). The summed E-state index contributed by atoms with van der Waals surface area (Å²) >= 11 is 0. The summed E-state index contributed by atoms with van der Waals surface area (Å²) < 4.78 is 25.7. The molecule has 7 heteroatoms. The van der Waals surface area contributed by atoms with Crippen molar-refractivity contribution in [2.75, 3.05) is 25.9 Å². The van der Waals surface area contributed by atoms with E-state index in [-0.39, 0.29) is 11.7 Å². The monoisotopic (exact) mass is 306 g/mol. The second kappa shape index (κ2) is 7.38. The number of carbonyl (C=O) groups is 1. The van der Waals surface area contributed by atoms with Crippen LogP contribution in [0.15, 0.2) is 0 Å². The predicted molar refractivity (Wildman–Crippen MR) is 77.7 cm³/mol. The van der Waals surface area contributed by atoms with E-state index in [1.807, 2.05) is 6.92 Å². The van der Waals surface area contributed by atoms with Crippen LogP contribution in [-0.2, 0) is 14.8 Å². The number of rotatable bonds is 7. The summed E-state index contributed by atoms with van der Waals surface area (Å²) in [6.07, 6.45) is 1.90. The quantitative estimate of drug-likeness (QED) is 0.739. The van der Waals surface area contributed by atoms with Gasteiger partial charge in [0.15, 0.2) is 0 Å². The Balaban J connectivity index is 2.71. The minimum absolute atomic E-state index is 0.0914. The molecule has 0 aliphatic carbocycles. The smallest absolute Gasteiger partial charge is 0.240 e. The van der Waals surface area contributed by atoms with Crippen LogP contribution in [0.2, 0.25) is 0 Å². The standard InChI is InChI=1S/C13H26N2O4S/c1-4-10-20(18,19)15-8-5-6-12(15)13(17)14(3)9-7-11(2)16/h11-12,16H,4-10H2,1-3H3. The summed E-state index contributed by atoms with van der Waals surface area (Å²) in [5, 5.41) is 9.26. The predicted octanol–water partition coefficient (Wildman–Crippen LogP) is 0.420. The molecule has 0 saturated carbocycles. The highest BCUT2D eigenvalue weighted by molar-refractivity contribution is 7.89. The Morgan fingerprint density at radius 2 is 2.15 bits per heavy atom. The molecular formula is C13H26N2O4S. The van der Waals surface area contributed by atoms with Crippen molar-refractivity contribution < 1.29 is 18.3 Å². The zero-order valence-electron chi connectivity index (χ0n) is 12.6. The first-order valence-corrected chi connectivity index (χ1v) is 8.83. The second-order valence-corrected chi connectivity index (χ2v) is 7.52. The number of sulfonamides is 1. The molecule has 0 aromatic rings. The van der Waals surface area contributed by atoms with Gasteiger partial charge >= 0.3 is 0 Å². The van der Waals surface area contributed by atoms with E-state index in [1.54, 1.807) is 14.0 Å². The van der Waals surface area contributed by atoms with Gasteiger partial charge in [-0.3, -0.25) is 4.79 Å². The van der Waals surface area contributed by atoms with E-state index in [2.05, 4.69) is 0 Å². The third-order valence-corrected chi connectivity index (χ3v) is 5.64. The van der Waals surface area contributed by atoms with E-state index in [0.717, 1.165) is 6.42 Å². The maximum atomic E-state index is 12.4. The Kier molecular flexibility index (Phi) is 6.42. The number of nitrogens with zero attached hydrogens (tertiary/aromatic N) is 2. The first-order chi connectivity index (χ1) is 9.29. The molecule has 2 atom stereocenters. The van der Waals surface area contributed by atoms with Crippen molar-refractivity contribution in [3.05, 3.63) is 0 Å². The van der Waals surface area contributed by atoms with Gasteiger partial charge in [-0.15, -0.1) is 0 Å². The van der Waals surface area contributed by atoms with E-state index >= 15 is 0 Å². The first-order valence-electron chi connectivity index (χ1n) is 7.22. The normalized spacial score (nSPS) is 21.9. The van der Waals surface area contributed by atoms with Gasteiger partial charge in [-0.05, 0) is 32.6 Å². The molecule has 1 aliphatic heterocycles. The highest BCUT2D eigenvalue weighted by Crippen LogP contribution is 2.23. The molecular weight excluding hydrogens is 280 g/mol. The Hall–Kier alpha value is -0.660. The zero-order chi connectivity index (χ0) is 15.3. The molecule has 1 amide bonds. The number of aliphatic hydroxyl groups excluding tert-OH is 1. The number of amides is 1. The van der Waals surface area contributed by atoms with E-state index in [0.29, 0.717) is 32.4 Å².